The van der Waals surface area contributed by atoms with Crippen molar-refractivity contribution in [1.29, 1.82) is 5.26 Å². The summed E-state index contributed by atoms with van der Waals surface area (Å²) in [5.74, 6) is 0.441. The summed E-state index contributed by atoms with van der Waals surface area (Å²) >= 11 is 0. The van der Waals surface area contributed by atoms with E-state index in [4.69, 9.17) is 11.0 Å². The van der Waals surface area contributed by atoms with Gasteiger partial charge in [0.2, 0.25) is 5.96 Å². The molecule has 9 heteroatoms. The fourth-order valence-electron chi connectivity index (χ4n) is 2.85. The van der Waals surface area contributed by atoms with Crippen LogP contribution in [0.25, 0.3) is 0 Å². The Balaban J connectivity index is 2.06. The molecule has 2 aliphatic heterocycles. The number of nitriles is 1. The minimum Gasteiger partial charge on any atom is -0.368 e. The van der Waals surface area contributed by atoms with Gasteiger partial charge in [-0.15, -0.1) is 0 Å². The van der Waals surface area contributed by atoms with Crippen molar-refractivity contribution in [1.82, 2.24) is 5.01 Å². The highest BCUT2D eigenvalue weighted by Gasteiger charge is 2.48. The largest absolute Gasteiger partial charge is 0.417 e. The second kappa shape index (κ2) is 5.06. The highest BCUT2D eigenvalue weighted by atomic mass is 19.4. The summed E-state index contributed by atoms with van der Waals surface area (Å²) in [7, 11) is 0. The molecule has 0 fully saturated rings. The molecule has 1 atom stereocenters. The van der Waals surface area contributed by atoms with Crippen molar-refractivity contribution in [3.05, 3.63) is 29.3 Å². The van der Waals surface area contributed by atoms with Gasteiger partial charge in [-0.05, 0) is 32.0 Å². The van der Waals surface area contributed by atoms with Gasteiger partial charge in [-0.25, -0.2) is 10.0 Å². The summed E-state index contributed by atoms with van der Waals surface area (Å²) in [6.07, 6.45) is -4.11. The second-order valence-corrected chi connectivity index (χ2v) is 5.84. The molecule has 124 valence electrons. The van der Waals surface area contributed by atoms with Crippen molar-refractivity contribution >= 4 is 23.2 Å². The number of hydrogen-bond donors (Lipinski definition) is 1. The van der Waals surface area contributed by atoms with Crippen LogP contribution in [0.4, 0.5) is 18.9 Å². The maximum Gasteiger partial charge on any atom is 0.417 e. The van der Waals surface area contributed by atoms with E-state index < -0.39 is 22.8 Å². The summed E-state index contributed by atoms with van der Waals surface area (Å²) in [6.45, 7) is 3.65. The smallest absolute Gasteiger partial charge is 0.368 e. The van der Waals surface area contributed by atoms with Crippen LogP contribution in [0.1, 0.15) is 31.4 Å². The number of fused-ring (bicyclic) bond motifs is 1. The van der Waals surface area contributed by atoms with Crippen molar-refractivity contribution in [3.63, 3.8) is 0 Å². The monoisotopic (exact) mass is 334 g/mol. The standard InChI is InChI=1S/C15H13F3N6/c1-8-6-14(2)12(22-13(20)24(14)23-8)21-10-4-3-9(7-19)11(5-10)15(16,17)18/h3-5H,6H2,1-2H3,(H2,20,21,22). The first-order valence-corrected chi connectivity index (χ1v) is 7.04. The zero-order valence-electron chi connectivity index (χ0n) is 12.9. The first kappa shape index (κ1) is 16.0. The molecule has 0 aliphatic carbocycles. The van der Waals surface area contributed by atoms with Crippen molar-refractivity contribution in [2.75, 3.05) is 0 Å². The van der Waals surface area contributed by atoms with Gasteiger partial charge in [0.05, 0.1) is 22.9 Å². The first-order chi connectivity index (χ1) is 11.1. The predicted octanol–water partition coefficient (Wildman–Crippen LogP) is 2.78. The lowest BCUT2D eigenvalue weighted by Crippen LogP contribution is -2.45. The lowest BCUT2D eigenvalue weighted by Gasteiger charge is -2.25. The average Bonchev–Trinajstić information content (AvgIpc) is 2.91. The molecule has 2 heterocycles. The van der Waals surface area contributed by atoms with Gasteiger partial charge >= 0.3 is 6.18 Å². The Hall–Kier alpha value is -2.89. The molecule has 6 nitrogen and oxygen atoms in total. The van der Waals surface area contributed by atoms with Gasteiger partial charge in [-0.1, -0.05) is 0 Å². The molecule has 1 aromatic carbocycles. The molecular weight excluding hydrogens is 321 g/mol. The van der Waals surface area contributed by atoms with Crippen LogP contribution in [0, 0.1) is 11.3 Å². The number of rotatable bonds is 1. The highest BCUT2D eigenvalue weighted by Crippen LogP contribution is 2.37. The number of aliphatic imine (C=N–C) groups is 2. The van der Waals surface area contributed by atoms with Crippen molar-refractivity contribution < 1.29 is 13.2 Å². The first-order valence-electron chi connectivity index (χ1n) is 7.04. The van der Waals surface area contributed by atoms with Crippen LogP contribution < -0.4 is 5.73 Å². The Kier molecular flexibility index (Phi) is 3.37. The third-order valence-corrected chi connectivity index (χ3v) is 3.92. The Morgan fingerprint density at radius 1 is 1.42 bits per heavy atom. The molecule has 2 N–H and O–H groups in total. The predicted molar refractivity (Wildman–Crippen MR) is 82.8 cm³/mol. The fraction of sp³-hybridized carbons (Fsp3) is 0.333. The Labute approximate surface area is 135 Å². The summed E-state index contributed by atoms with van der Waals surface area (Å²) in [4.78, 5) is 8.36. The van der Waals surface area contributed by atoms with Crippen LogP contribution in [0.15, 0.2) is 33.3 Å². The van der Waals surface area contributed by atoms with E-state index >= 15 is 0 Å². The van der Waals surface area contributed by atoms with E-state index in [0.717, 1.165) is 17.8 Å². The molecule has 0 saturated carbocycles. The van der Waals surface area contributed by atoms with Crippen LogP contribution in [-0.2, 0) is 6.18 Å². The van der Waals surface area contributed by atoms with Gasteiger partial charge in [0.1, 0.15) is 5.54 Å². The number of alkyl halides is 3. The number of hydrogen-bond acceptors (Lipinski definition) is 5. The van der Waals surface area contributed by atoms with E-state index in [0.29, 0.717) is 12.3 Å². The van der Waals surface area contributed by atoms with Gasteiger partial charge in [-0.3, -0.25) is 0 Å². The third-order valence-electron chi connectivity index (χ3n) is 3.92. The van der Waals surface area contributed by atoms with E-state index in [1.54, 1.807) is 0 Å². The normalized spacial score (nSPS) is 24.7. The van der Waals surface area contributed by atoms with Crippen LogP contribution in [0.3, 0.4) is 0 Å². The second-order valence-electron chi connectivity index (χ2n) is 5.84. The van der Waals surface area contributed by atoms with Crippen LogP contribution in [-0.4, -0.2) is 28.1 Å². The molecule has 1 aromatic rings. The minimum atomic E-state index is -4.64. The molecule has 3 rings (SSSR count). The maximum atomic E-state index is 13.1. The lowest BCUT2D eigenvalue weighted by molar-refractivity contribution is -0.137. The highest BCUT2D eigenvalue weighted by molar-refractivity contribution is 6.12. The minimum absolute atomic E-state index is 0.0560. The molecule has 0 aromatic heterocycles. The molecule has 1 unspecified atom stereocenters. The number of nitrogens with zero attached hydrogens (tertiary/aromatic N) is 5. The quantitative estimate of drug-likeness (QED) is 0.856. The number of hydrazone groups is 1. The summed E-state index contributed by atoms with van der Waals surface area (Å²) in [5.41, 5.74) is 4.53. The number of nitrogens with two attached hydrogens (primary N) is 1. The van der Waals surface area contributed by atoms with Crippen LogP contribution in [0.5, 0.6) is 0 Å². The summed E-state index contributed by atoms with van der Waals surface area (Å²) in [5, 5.41) is 14.6. The van der Waals surface area contributed by atoms with Crippen molar-refractivity contribution in [2.45, 2.75) is 32.0 Å². The van der Waals surface area contributed by atoms with E-state index in [9.17, 15) is 13.2 Å². The Morgan fingerprint density at radius 2 is 2.12 bits per heavy atom. The molecule has 0 spiro atoms. The lowest BCUT2D eigenvalue weighted by atomic mass is 9.95. The van der Waals surface area contributed by atoms with Crippen LogP contribution >= 0.6 is 0 Å². The Bertz CT molecular complexity index is 846. The zero-order chi connectivity index (χ0) is 17.7. The van der Waals surface area contributed by atoms with E-state index in [1.165, 1.54) is 17.1 Å². The topological polar surface area (TPSA) is 90.1 Å². The SMILES string of the molecule is CC1=NN2C(N)=N/C(=N\c3ccc(C#N)c(C(F)(F)F)c3)C2(C)C1. The van der Waals surface area contributed by atoms with E-state index in [-0.39, 0.29) is 11.6 Å². The third kappa shape index (κ3) is 2.40. The number of benzene rings is 1. The molecular formula is C15H13F3N6. The average molecular weight is 334 g/mol. The molecule has 2 aliphatic rings. The number of guanidine groups is 1. The van der Waals surface area contributed by atoms with Crippen molar-refractivity contribution in [3.8, 4) is 6.07 Å². The van der Waals surface area contributed by atoms with Gasteiger partial charge < -0.3 is 5.73 Å². The molecule has 0 amide bonds. The Morgan fingerprint density at radius 3 is 2.75 bits per heavy atom. The number of halogens is 3. The summed E-state index contributed by atoms with van der Waals surface area (Å²) in [6, 6.07) is 4.82. The molecule has 24 heavy (non-hydrogen) atoms. The van der Waals surface area contributed by atoms with Crippen molar-refractivity contribution in [2.24, 2.45) is 20.8 Å². The molecule has 0 radical (unpaired) electrons. The molecule has 0 saturated heterocycles. The van der Waals surface area contributed by atoms with Crippen LogP contribution in [0.2, 0.25) is 0 Å². The maximum absolute atomic E-state index is 13.1. The summed E-state index contributed by atoms with van der Waals surface area (Å²) < 4.78 is 39.2. The van der Waals surface area contributed by atoms with Gasteiger partial charge in [0, 0.05) is 12.1 Å². The molecule has 0 bridgehead atoms. The zero-order valence-corrected chi connectivity index (χ0v) is 12.9. The van der Waals surface area contributed by atoms with Gasteiger partial charge in [-0.2, -0.15) is 28.5 Å². The van der Waals surface area contributed by atoms with Gasteiger partial charge in [0.15, 0.2) is 5.84 Å². The number of amidine groups is 1. The van der Waals surface area contributed by atoms with E-state index in [1.807, 2.05) is 13.8 Å². The fourth-order valence-corrected chi connectivity index (χ4v) is 2.85. The van der Waals surface area contributed by atoms with Gasteiger partial charge in [0.25, 0.3) is 0 Å². The van der Waals surface area contributed by atoms with E-state index in [2.05, 4.69) is 15.1 Å².